The lowest BCUT2D eigenvalue weighted by molar-refractivity contribution is -0.128. The zero-order valence-electron chi connectivity index (χ0n) is 8.31. The van der Waals surface area contributed by atoms with Gasteiger partial charge in [-0.25, -0.2) is 0 Å². The number of carbonyl (C=O) groups excluding carboxylic acids is 1. The minimum atomic E-state index is 0.203. The molecule has 1 aromatic heterocycles. The summed E-state index contributed by atoms with van der Waals surface area (Å²) in [5.41, 5.74) is 1.01. The van der Waals surface area contributed by atoms with E-state index in [0.717, 1.165) is 18.7 Å². The van der Waals surface area contributed by atoms with Gasteiger partial charge in [0.05, 0.1) is 11.7 Å². The molecule has 1 unspecified atom stereocenters. The predicted molar refractivity (Wildman–Crippen MR) is 53.6 cm³/mol. The Hall–Kier alpha value is -1.38. The van der Waals surface area contributed by atoms with Crippen molar-refractivity contribution in [3.63, 3.8) is 0 Å². The molecule has 1 fully saturated rings. The molecule has 0 N–H and O–H groups in total. The van der Waals surface area contributed by atoms with E-state index in [4.69, 9.17) is 0 Å². The van der Waals surface area contributed by atoms with Gasteiger partial charge in [-0.2, -0.15) is 0 Å². The van der Waals surface area contributed by atoms with Crippen LogP contribution in [0, 0.1) is 0 Å². The van der Waals surface area contributed by atoms with Crippen molar-refractivity contribution in [2.45, 2.75) is 25.8 Å². The van der Waals surface area contributed by atoms with Crippen molar-refractivity contribution in [2.24, 2.45) is 0 Å². The molecule has 3 nitrogen and oxygen atoms in total. The van der Waals surface area contributed by atoms with Crippen molar-refractivity contribution in [2.75, 3.05) is 6.54 Å². The summed E-state index contributed by atoms with van der Waals surface area (Å²) >= 11 is 0. The van der Waals surface area contributed by atoms with Crippen LogP contribution in [0.2, 0.25) is 0 Å². The van der Waals surface area contributed by atoms with Crippen LogP contribution in [0.3, 0.4) is 0 Å². The second kappa shape index (κ2) is 3.78. The molecular weight excluding hydrogens is 176 g/mol. The number of likely N-dealkylation sites (tertiary alicyclic amines) is 1. The van der Waals surface area contributed by atoms with Crippen molar-refractivity contribution in [1.29, 1.82) is 0 Å². The van der Waals surface area contributed by atoms with E-state index in [1.54, 1.807) is 6.20 Å². The molecule has 2 rings (SSSR count). The number of nitrogens with zero attached hydrogens (tertiary/aromatic N) is 2. The van der Waals surface area contributed by atoms with E-state index in [2.05, 4.69) is 4.98 Å². The van der Waals surface area contributed by atoms with Crippen LogP contribution < -0.4 is 0 Å². The second-order valence-electron chi connectivity index (χ2n) is 3.49. The van der Waals surface area contributed by atoms with E-state index in [1.165, 1.54) is 0 Å². The normalized spacial score (nSPS) is 21.6. The van der Waals surface area contributed by atoms with Crippen LogP contribution in [0.15, 0.2) is 24.4 Å². The van der Waals surface area contributed by atoms with Crippen LogP contribution in [0.5, 0.6) is 0 Å². The average Bonchev–Trinajstić information content (AvgIpc) is 2.61. The maximum atomic E-state index is 11.5. The molecule has 2 heterocycles. The molecule has 3 heteroatoms. The van der Waals surface area contributed by atoms with Gasteiger partial charge in [-0.15, -0.1) is 0 Å². The van der Waals surface area contributed by atoms with E-state index in [-0.39, 0.29) is 11.9 Å². The van der Waals surface area contributed by atoms with Gasteiger partial charge in [-0.1, -0.05) is 6.07 Å². The summed E-state index contributed by atoms with van der Waals surface area (Å²) < 4.78 is 0. The lowest BCUT2D eigenvalue weighted by Gasteiger charge is -2.22. The van der Waals surface area contributed by atoms with Gasteiger partial charge in [0.25, 0.3) is 0 Å². The van der Waals surface area contributed by atoms with Crippen LogP contribution in [0.4, 0.5) is 0 Å². The Morgan fingerprint density at radius 3 is 3.07 bits per heavy atom. The van der Waals surface area contributed by atoms with Gasteiger partial charge >= 0.3 is 0 Å². The summed E-state index contributed by atoms with van der Waals surface area (Å²) in [6.45, 7) is 2.79. The van der Waals surface area contributed by atoms with Crippen molar-refractivity contribution < 1.29 is 4.79 Å². The summed E-state index contributed by atoms with van der Waals surface area (Å²) in [6.07, 6.45) is 3.35. The monoisotopic (exact) mass is 190 g/mol. The van der Waals surface area contributed by atoms with Crippen molar-refractivity contribution >= 4 is 5.91 Å². The molecule has 1 atom stereocenters. The van der Waals surface area contributed by atoms with Gasteiger partial charge in [-0.05, 0) is 25.5 Å². The largest absolute Gasteiger partial charge is 0.334 e. The third-order valence-electron chi connectivity index (χ3n) is 2.70. The van der Waals surface area contributed by atoms with Crippen LogP contribution in [0.25, 0.3) is 0 Å². The fourth-order valence-electron chi connectivity index (χ4n) is 2.01. The first kappa shape index (κ1) is 9.19. The van der Waals surface area contributed by atoms with Gasteiger partial charge < -0.3 is 4.90 Å². The summed E-state index contributed by atoms with van der Waals surface area (Å²) in [5.74, 6) is 0.253. The Balaban J connectivity index is 2.23. The molecule has 1 aliphatic rings. The van der Waals surface area contributed by atoms with Gasteiger partial charge in [-0.3, -0.25) is 9.78 Å². The molecule has 0 bridgehead atoms. The Morgan fingerprint density at radius 1 is 1.57 bits per heavy atom. The highest BCUT2D eigenvalue weighted by Gasteiger charge is 2.31. The number of amides is 1. The van der Waals surface area contributed by atoms with Gasteiger partial charge in [0.1, 0.15) is 0 Å². The SMILES string of the molecule is CCN1C(=O)CCC1c1ccccn1. The van der Waals surface area contributed by atoms with Crippen LogP contribution in [0.1, 0.15) is 31.5 Å². The first-order valence-electron chi connectivity index (χ1n) is 5.03. The quantitative estimate of drug-likeness (QED) is 0.712. The first-order chi connectivity index (χ1) is 6.83. The molecule has 1 aliphatic heterocycles. The third-order valence-corrected chi connectivity index (χ3v) is 2.70. The van der Waals surface area contributed by atoms with E-state index in [0.29, 0.717) is 6.42 Å². The lowest BCUT2D eigenvalue weighted by atomic mass is 10.1. The highest BCUT2D eigenvalue weighted by molar-refractivity contribution is 5.78. The molecule has 14 heavy (non-hydrogen) atoms. The standard InChI is InChI=1S/C11H14N2O/c1-2-13-10(6-7-11(13)14)9-5-3-4-8-12-9/h3-5,8,10H,2,6-7H2,1H3. The Morgan fingerprint density at radius 2 is 2.43 bits per heavy atom. The fourth-order valence-corrected chi connectivity index (χ4v) is 2.01. The minimum Gasteiger partial charge on any atom is -0.334 e. The Kier molecular flexibility index (Phi) is 2.48. The van der Waals surface area contributed by atoms with E-state index < -0.39 is 0 Å². The van der Waals surface area contributed by atoms with Crippen LogP contribution >= 0.6 is 0 Å². The Labute approximate surface area is 83.8 Å². The van der Waals surface area contributed by atoms with Gasteiger partial charge in [0, 0.05) is 19.2 Å². The number of hydrogen-bond donors (Lipinski definition) is 0. The smallest absolute Gasteiger partial charge is 0.223 e. The van der Waals surface area contributed by atoms with E-state index in [1.807, 2.05) is 30.0 Å². The number of rotatable bonds is 2. The van der Waals surface area contributed by atoms with E-state index >= 15 is 0 Å². The van der Waals surface area contributed by atoms with Gasteiger partial charge in [0.15, 0.2) is 0 Å². The molecule has 0 spiro atoms. The van der Waals surface area contributed by atoms with E-state index in [9.17, 15) is 4.79 Å². The molecule has 0 saturated carbocycles. The molecular formula is C11H14N2O. The summed E-state index contributed by atoms with van der Waals surface area (Å²) in [4.78, 5) is 17.7. The molecule has 0 aromatic carbocycles. The molecule has 1 aromatic rings. The number of pyridine rings is 1. The Bertz CT molecular complexity index is 323. The molecule has 0 aliphatic carbocycles. The van der Waals surface area contributed by atoms with Crippen molar-refractivity contribution in [3.05, 3.63) is 30.1 Å². The highest BCUT2D eigenvalue weighted by Crippen LogP contribution is 2.30. The third kappa shape index (κ3) is 1.50. The van der Waals surface area contributed by atoms with Gasteiger partial charge in [0.2, 0.25) is 5.91 Å². The van der Waals surface area contributed by atoms with Crippen molar-refractivity contribution in [3.8, 4) is 0 Å². The minimum absolute atomic E-state index is 0.203. The van der Waals surface area contributed by atoms with Crippen molar-refractivity contribution in [1.82, 2.24) is 9.88 Å². The lowest BCUT2D eigenvalue weighted by Crippen LogP contribution is -2.27. The summed E-state index contributed by atoms with van der Waals surface area (Å²) in [5, 5.41) is 0. The molecule has 1 amide bonds. The summed E-state index contributed by atoms with van der Waals surface area (Å²) in [6, 6.07) is 6.07. The second-order valence-corrected chi connectivity index (χ2v) is 3.49. The topological polar surface area (TPSA) is 33.2 Å². The predicted octanol–water partition coefficient (Wildman–Crippen LogP) is 1.77. The fraction of sp³-hybridized carbons (Fsp3) is 0.455. The maximum Gasteiger partial charge on any atom is 0.223 e. The molecule has 1 saturated heterocycles. The maximum absolute atomic E-state index is 11.5. The molecule has 74 valence electrons. The van der Waals surface area contributed by atoms with Crippen LogP contribution in [-0.4, -0.2) is 22.3 Å². The summed E-state index contributed by atoms with van der Waals surface area (Å²) in [7, 11) is 0. The zero-order chi connectivity index (χ0) is 9.97. The number of carbonyl (C=O) groups is 1. The van der Waals surface area contributed by atoms with Crippen LogP contribution in [-0.2, 0) is 4.79 Å². The number of aromatic nitrogens is 1. The number of hydrogen-bond acceptors (Lipinski definition) is 2. The molecule has 0 radical (unpaired) electrons. The zero-order valence-corrected chi connectivity index (χ0v) is 8.31. The first-order valence-corrected chi connectivity index (χ1v) is 5.03. The highest BCUT2D eigenvalue weighted by atomic mass is 16.2. The average molecular weight is 190 g/mol.